The molecule has 74 valence electrons. The lowest BCUT2D eigenvalue weighted by molar-refractivity contribution is -0.113. The Labute approximate surface area is 81.1 Å². The molecule has 0 aliphatic heterocycles. The number of carbonyl (C=O) groups excluding carboxylic acids is 1. The standard InChI is InChI=1S/C11H10F2O/c1-7(8(2)14)3-9-4-10(12)6-11(13)5-9/h3-6H,1-2H3/b7-3+. The van der Waals surface area contributed by atoms with Crippen molar-refractivity contribution in [3.8, 4) is 0 Å². The smallest absolute Gasteiger partial charge is 0.155 e. The monoisotopic (exact) mass is 196 g/mol. The van der Waals surface area contributed by atoms with Gasteiger partial charge in [0.05, 0.1) is 0 Å². The predicted molar refractivity (Wildman–Crippen MR) is 50.7 cm³/mol. The fraction of sp³-hybridized carbons (Fsp3) is 0.182. The minimum atomic E-state index is -0.646. The van der Waals surface area contributed by atoms with Gasteiger partial charge < -0.3 is 0 Å². The van der Waals surface area contributed by atoms with Crippen molar-refractivity contribution >= 4 is 11.9 Å². The van der Waals surface area contributed by atoms with E-state index in [2.05, 4.69) is 0 Å². The maximum Gasteiger partial charge on any atom is 0.155 e. The summed E-state index contributed by atoms with van der Waals surface area (Å²) in [6.07, 6.45) is 1.45. The largest absolute Gasteiger partial charge is 0.295 e. The summed E-state index contributed by atoms with van der Waals surface area (Å²) < 4.78 is 25.5. The van der Waals surface area contributed by atoms with Gasteiger partial charge in [0.1, 0.15) is 11.6 Å². The Kier molecular flexibility index (Phi) is 3.12. The van der Waals surface area contributed by atoms with Crippen molar-refractivity contribution in [1.29, 1.82) is 0 Å². The number of halogens is 2. The number of carbonyl (C=O) groups is 1. The molecule has 0 unspecified atom stereocenters. The third-order valence-electron chi connectivity index (χ3n) is 1.82. The van der Waals surface area contributed by atoms with Crippen molar-refractivity contribution in [3.05, 3.63) is 41.0 Å². The van der Waals surface area contributed by atoms with Gasteiger partial charge in [-0.15, -0.1) is 0 Å². The Morgan fingerprint density at radius 2 is 1.64 bits per heavy atom. The van der Waals surface area contributed by atoms with Crippen molar-refractivity contribution in [1.82, 2.24) is 0 Å². The fourth-order valence-corrected chi connectivity index (χ4v) is 1.01. The molecule has 0 heterocycles. The maximum absolute atomic E-state index is 12.7. The second kappa shape index (κ2) is 4.13. The molecular formula is C11H10F2O. The Morgan fingerprint density at radius 3 is 2.07 bits per heavy atom. The molecule has 0 amide bonds. The van der Waals surface area contributed by atoms with Gasteiger partial charge in [0, 0.05) is 6.07 Å². The van der Waals surface area contributed by atoms with E-state index >= 15 is 0 Å². The Hall–Kier alpha value is -1.51. The second-order valence-electron chi connectivity index (χ2n) is 3.09. The zero-order chi connectivity index (χ0) is 10.7. The number of hydrogen-bond donors (Lipinski definition) is 0. The van der Waals surface area contributed by atoms with E-state index in [1.54, 1.807) is 6.92 Å². The van der Waals surface area contributed by atoms with E-state index in [0.717, 1.165) is 6.07 Å². The van der Waals surface area contributed by atoms with Gasteiger partial charge in [-0.2, -0.15) is 0 Å². The molecule has 0 atom stereocenters. The fourth-order valence-electron chi connectivity index (χ4n) is 1.01. The number of hydrogen-bond acceptors (Lipinski definition) is 1. The van der Waals surface area contributed by atoms with Crippen LogP contribution in [0.15, 0.2) is 23.8 Å². The van der Waals surface area contributed by atoms with E-state index in [4.69, 9.17) is 0 Å². The Morgan fingerprint density at radius 1 is 1.14 bits per heavy atom. The van der Waals surface area contributed by atoms with Crippen molar-refractivity contribution in [3.63, 3.8) is 0 Å². The lowest BCUT2D eigenvalue weighted by Crippen LogP contribution is -1.91. The van der Waals surface area contributed by atoms with Gasteiger partial charge in [-0.1, -0.05) is 0 Å². The van der Waals surface area contributed by atoms with E-state index in [1.807, 2.05) is 0 Å². The summed E-state index contributed by atoms with van der Waals surface area (Å²) in [5.74, 6) is -1.41. The van der Waals surface area contributed by atoms with Gasteiger partial charge in [-0.3, -0.25) is 4.79 Å². The van der Waals surface area contributed by atoms with E-state index in [1.165, 1.54) is 25.1 Å². The van der Waals surface area contributed by atoms with Crippen LogP contribution in [-0.2, 0) is 4.79 Å². The molecule has 14 heavy (non-hydrogen) atoms. The second-order valence-corrected chi connectivity index (χ2v) is 3.09. The topological polar surface area (TPSA) is 17.1 Å². The minimum absolute atomic E-state index is 0.116. The summed E-state index contributed by atoms with van der Waals surface area (Å²) in [5, 5.41) is 0. The minimum Gasteiger partial charge on any atom is -0.295 e. The van der Waals surface area contributed by atoms with Crippen LogP contribution in [0, 0.1) is 11.6 Å². The van der Waals surface area contributed by atoms with Crippen LogP contribution in [0.5, 0.6) is 0 Å². The summed E-state index contributed by atoms with van der Waals surface area (Å²) in [6.45, 7) is 3.01. The van der Waals surface area contributed by atoms with Crippen molar-refractivity contribution in [2.24, 2.45) is 0 Å². The highest BCUT2D eigenvalue weighted by Crippen LogP contribution is 2.11. The van der Waals surface area contributed by atoms with Gasteiger partial charge in [0.2, 0.25) is 0 Å². The quantitative estimate of drug-likeness (QED) is 0.664. The Balaban J connectivity index is 3.08. The number of rotatable bonds is 2. The molecule has 1 aromatic rings. The van der Waals surface area contributed by atoms with Crippen LogP contribution in [0.25, 0.3) is 6.08 Å². The van der Waals surface area contributed by atoms with Crippen molar-refractivity contribution in [2.45, 2.75) is 13.8 Å². The maximum atomic E-state index is 12.7. The zero-order valence-electron chi connectivity index (χ0n) is 7.97. The highest BCUT2D eigenvalue weighted by Gasteiger charge is 2.00. The van der Waals surface area contributed by atoms with Crippen LogP contribution >= 0.6 is 0 Å². The molecule has 0 radical (unpaired) electrons. The molecule has 0 spiro atoms. The Bertz CT molecular complexity index is 374. The molecule has 0 aliphatic rings. The first-order chi connectivity index (χ1) is 6.49. The molecule has 0 saturated carbocycles. The summed E-state index contributed by atoms with van der Waals surface area (Å²) >= 11 is 0. The molecule has 3 heteroatoms. The first kappa shape index (κ1) is 10.6. The van der Waals surface area contributed by atoms with Crippen molar-refractivity contribution < 1.29 is 13.6 Å². The summed E-state index contributed by atoms with van der Waals surface area (Å²) in [5.41, 5.74) is 0.824. The molecule has 0 aliphatic carbocycles. The molecule has 0 bridgehead atoms. The molecular weight excluding hydrogens is 186 g/mol. The SMILES string of the molecule is CC(=O)/C(C)=C/c1cc(F)cc(F)c1. The van der Waals surface area contributed by atoms with E-state index in [-0.39, 0.29) is 5.78 Å². The van der Waals surface area contributed by atoms with Crippen LogP contribution in [0.1, 0.15) is 19.4 Å². The summed E-state index contributed by atoms with van der Waals surface area (Å²) in [6, 6.07) is 3.14. The van der Waals surface area contributed by atoms with Gasteiger partial charge >= 0.3 is 0 Å². The van der Waals surface area contributed by atoms with Gasteiger partial charge in [-0.25, -0.2) is 8.78 Å². The molecule has 1 nitrogen and oxygen atoms in total. The van der Waals surface area contributed by atoms with Gasteiger partial charge in [-0.05, 0) is 43.2 Å². The molecule has 1 rings (SSSR count). The van der Waals surface area contributed by atoms with Crippen molar-refractivity contribution in [2.75, 3.05) is 0 Å². The van der Waals surface area contributed by atoms with Crippen LogP contribution in [0.4, 0.5) is 8.78 Å². The average molecular weight is 196 g/mol. The van der Waals surface area contributed by atoms with E-state index < -0.39 is 11.6 Å². The highest BCUT2D eigenvalue weighted by molar-refractivity contribution is 5.97. The summed E-state index contributed by atoms with van der Waals surface area (Å²) in [4.78, 5) is 10.9. The lowest BCUT2D eigenvalue weighted by Gasteiger charge is -1.97. The van der Waals surface area contributed by atoms with Crippen LogP contribution < -0.4 is 0 Å². The molecule has 0 aromatic heterocycles. The number of allylic oxidation sites excluding steroid dienone is 1. The summed E-state index contributed by atoms with van der Waals surface area (Å²) in [7, 11) is 0. The number of Topliss-reactive ketones (excluding diaryl/α,β-unsaturated/α-hetero) is 1. The third-order valence-corrected chi connectivity index (χ3v) is 1.82. The first-order valence-corrected chi connectivity index (χ1v) is 4.14. The van der Waals surface area contributed by atoms with Crippen LogP contribution in [0.2, 0.25) is 0 Å². The first-order valence-electron chi connectivity index (χ1n) is 4.14. The van der Waals surface area contributed by atoms with Crippen LogP contribution in [0.3, 0.4) is 0 Å². The van der Waals surface area contributed by atoms with E-state index in [0.29, 0.717) is 11.1 Å². The average Bonchev–Trinajstić information content (AvgIpc) is 2.01. The lowest BCUT2D eigenvalue weighted by atomic mass is 10.1. The number of ketones is 1. The predicted octanol–water partition coefficient (Wildman–Crippen LogP) is 2.96. The van der Waals surface area contributed by atoms with Gasteiger partial charge in [0.15, 0.2) is 5.78 Å². The normalized spacial score (nSPS) is 11.6. The zero-order valence-corrected chi connectivity index (χ0v) is 7.97. The number of benzene rings is 1. The molecule has 0 fully saturated rings. The van der Waals surface area contributed by atoms with E-state index in [9.17, 15) is 13.6 Å². The highest BCUT2D eigenvalue weighted by atomic mass is 19.1. The molecule has 0 saturated heterocycles. The molecule has 1 aromatic carbocycles. The third kappa shape index (κ3) is 2.76. The molecule has 0 N–H and O–H groups in total. The van der Waals surface area contributed by atoms with Crippen LogP contribution in [-0.4, -0.2) is 5.78 Å². The van der Waals surface area contributed by atoms with Gasteiger partial charge in [0.25, 0.3) is 0 Å².